The summed E-state index contributed by atoms with van der Waals surface area (Å²) < 4.78 is 9.76. The number of rotatable bonds is 7. The van der Waals surface area contributed by atoms with Crippen molar-refractivity contribution in [3.8, 4) is 11.5 Å². The largest absolute Gasteiger partial charge is 0.497 e. The number of carbonyl (C=O) groups is 2. The predicted octanol–water partition coefficient (Wildman–Crippen LogP) is 2.42. The fourth-order valence-corrected chi connectivity index (χ4v) is 1.92. The van der Waals surface area contributed by atoms with Crippen LogP contribution in [-0.2, 0) is 0 Å². The molecule has 0 aliphatic heterocycles. The second-order valence-electron chi connectivity index (χ2n) is 5.03. The maximum absolute atomic E-state index is 10.9. The number of hydrogen-bond acceptors (Lipinski definition) is 8. The van der Waals surface area contributed by atoms with Crippen LogP contribution in [0.1, 0.15) is 20.7 Å². The fourth-order valence-electron chi connectivity index (χ4n) is 1.92. The summed E-state index contributed by atoms with van der Waals surface area (Å²) in [5.74, 6) is -1.18. The first-order valence-corrected chi connectivity index (χ1v) is 7.70. The summed E-state index contributed by atoms with van der Waals surface area (Å²) in [6.07, 6.45) is 2.19. The van der Waals surface area contributed by atoms with Crippen LogP contribution >= 0.6 is 0 Å². The SMILES string of the molecule is COc1ccc(N)c(C(=O)O)c1.COc1ccc(N/N=C/C=N)c(C(=O)O)c1. The van der Waals surface area contributed by atoms with E-state index in [1.54, 1.807) is 18.2 Å². The Balaban J connectivity index is 0.000000292. The second kappa shape index (κ2) is 10.8. The summed E-state index contributed by atoms with van der Waals surface area (Å²) in [6, 6.07) is 9.06. The van der Waals surface area contributed by atoms with E-state index < -0.39 is 11.9 Å². The number of nitrogens with one attached hydrogen (secondary N) is 2. The molecule has 0 atom stereocenters. The van der Waals surface area contributed by atoms with Crippen molar-refractivity contribution in [3.63, 3.8) is 0 Å². The average Bonchev–Trinajstić information content (AvgIpc) is 2.69. The zero-order chi connectivity index (χ0) is 21.1. The van der Waals surface area contributed by atoms with Crippen LogP contribution in [0.4, 0.5) is 11.4 Å². The minimum atomic E-state index is -1.08. The van der Waals surface area contributed by atoms with Gasteiger partial charge < -0.3 is 30.8 Å². The van der Waals surface area contributed by atoms with E-state index in [0.717, 1.165) is 6.21 Å². The molecule has 0 unspecified atom stereocenters. The lowest BCUT2D eigenvalue weighted by Gasteiger charge is -2.06. The molecule has 10 nitrogen and oxygen atoms in total. The lowest BCUT2D eigenvalue weighted by Crippen LogP contribution is -2.03. The Morgan fingerprint density at radius 2 is 1.57 bits per heavy atom. The summed E-state index contributed by atoms with van der Waals surface area (Å²) in [6.45, 7) is 0. The third kappa shape index (κ3) is 6.33. The Bertz CT molecular complexity index is 882. The number of benzene rings is 2. The van der Waals surface area contributed by atoms with Gasteiger partial charge in [-0.1, -0.05) is 0 Å². The van der Waals surface area contributed by atoms with E-state index in [4.69, 9.17) is 30.8 Å². The Morgan fingerprint density at radius 3 is 2.07 bits per heavy atom. The molecule has 2 rings (SSSR count). The molecule has 0 radical (unpaired) electrons. The molecule has 0 aliphatic carbocycles. The van der Waals surface area contributed by atoms with Crippen molar-refractivity contribution in [2.24, 2.45) is 5.10 Å². The normalized spacial score (nSPS) is 9.79. The number of aromatic carboxylic acids is 2. The zero-order valence-electron chi connectivity index (χ0n) is 15.2. The number of nitrogens with zero attached hydrogens (tertiary/aromatic N) is 1. The van der Waals surface area contributed by atoms with Crippen LogP contribution in [0.3, 0.4) is 0 Å². The quantitative estimate of drug-likeness (QED) is 0.274. The maximum Gasteiger partial charge on any atom is 0.338 e. The molecule has 0 aromatic heterocycles. The van der Waals surface area contributed by atoms with E-state index in [9.17, 15) is 9.59 Å². The van der Waals surface area contributed by atoms with Crippen LogP contribution in [0, 0.1) is 5.41 Å². The van der Waals surface area contributed by atoms with E-state index in [2.05, 4.69) is 10.5 Å². The number of nitrogens with two attached hydrogens (primary N) is 1. The molecular formula is C18H20N4O6. The van der Waals surface area contributed by atoms with Gasteiger partial charge in [0.2, 0.25) is 0 Å². The number of nitrogen functional groups attached to an aromatic ring is 1. The standard InChI is InChI=1S/C10H11N3O3.C8H9NO3/c1-16-7-2-3-9(13-12-5-4-11)8(6-7)10(14)15;1-12-5-2-3-7(9)6(4-5)8(10)11/h2-6,11,13H,1H3,(H,14,15);2-4H,9H2,1H3,(H,10,11)/b11-4?,12-5+;. The van der Waals surface area contributed by atoms with E-state index in [1.807, 2.05) is 0 Å². The summed E-state index contributed by atoms with van der Waals surface area (Å²) in [4.78, 5) is 21.5. The van der Waals surface area contributed by atoms with Crippen molar-refractivity contribution in [1.29, 1.82) is 5.41 Å². The first-order valence-electron chi connectivity index (χ1n) is 7.70. The summed E-state index contributed by atoms with van der Waals surface area (Å²) in [5, 5.41) is 28.0. The molecule has 2 aromatic carbocycles. The van der Waals surface area contributed by atoms with Crippen molar-refractivity contribution in [1.82, 2.24) is 0 Å². The summed E-state index contributed by atoms with van der Waals surface area (Å²) in [7, 11) is 2.93. The molecule has 0 fully saturated rings. The van der Waals surface area contributed by atoms with Gasteiger partial charge in [-0.05, 0) is 36.4 Å². The fraction of sp³-hybridized carbons (Fsp3) is 0.111. The van der Waals surface area contributed by atoms with Gasteiger partial charge in [-0.3, -0.25) is 5.43 Å². The molecular weight excluding hydrogens is 368 g/mol. The number of methoxy groups -OCH3 is 2. The van der Waals surface area contributed by atoms with Crippen LogP contribution < -0.4 is 20.6 Å². The molecule has 0 amide bonds. The molecule has 10 heteroatoms. The van der Waals surface area contributed by atoms with Crippen LogP contribution in [0.25, 0.3) is 0 Å². The van der Waals surface area contributed by atoms with Gasteiger partial charge in [0, 0.05) is 11.9 Å². The van der Waals surface area contributed by atoms with E-state index in [1.165, 1.54) is 38.6 Å². The maximum atomic E-state index is 10.9. The van der Waals surface area contributed by atoms with Gasteiger partial charge in [0.05, 0.1) is 37.2 Å². The van der Waals surface area contributed by atoms with Crippen molar-refractivity contribution in [2.45, 2.75) is 0 Å². The topological polar surface area (TPSA) is 167 Å². The van der Waals surface area contributed by atoms with E-state index >= 15 is 0 Å². The molecule has 0 heterocycles. The Morgan fingerprint density at radius 1 is 1.04 bits per heavy atom. The number of carboxylic acid groups (broad SMARTS) is 2. The highest BCUT2D eigenvalue weighted by atomic mass is 16.5. The minimum absolute atomic E-state index is 0.0569. The van der Waals surface area contributed by atoms with Crippen molar-refractivity contribution < 1.29 is 29.3 Å². The van der Waals surface area contributed by atoms with Crippen LogP contribution in [0.2, 0.25) is 0 Å². The molecule has 2 aromatic rings. The minimum Gasteiger partial charge on any atom is -0.497 e. The van der Waals surface area contributed by atoms with Crippen LogP contribution in [0.5, 0.6) is 11.5 Å². The number of anilines is 2. The number of hydrazone groups is 1. The van der Waals surface area contributed by atoms with Gasteiger partial charge >= 0.3 is 11.9 Å². The second-order valence-corrected chi connectivity index (χ2v) is 5.03. The lowest BCUT2D eigenvalue weighted by molar-refractivity contribution is 0.0686. The predicted molar refractivity (Wildman–Crippen MR) is 105 cm³/mol. The smallest absolute Gasteiger partial charge is 0.338 e. The average molecular weight is 388 g/mol. The van der Waals surface area contributed by atoms with Gasteiger partial charge in [0.1, 0.15) is 11.5 Å². The molecule has 0 bridgehead atoms. The molecule has 6 N–H and O–H groups in total. The summed E-state index contributed by atoms with van der Waals surface area (Å²) >= 11 is 0. The van der Waals surface area contributed by atoms with Gasteiger partial charge in [0.15, 0.2) is 0 Å². The van der Waals surface area contributed by atoms with Gasteiger partial charge in [-0.25, -0.2) is 9.59 Å². The van der Waals surface area contributed by atoms with Crippen molar-refractivity contribution in [2.75, 3.05) is 25.4 Å². The first kappa shape index (κ1) is 22.0. The third-order valence-corrected chi connectivity index (χ3v) is 3.28. The van der Waals surface area contributed by atoms with Crippen LogP contribution in [-0.4, -0.2) is 48.8 Å². The Labute approximate surface area is 160 Å². The molecule has 0 saturated carbocycles. The molecule has 0 spiro atoms. The Kier molecular flexibility index (Phi) is 8.48. The van der Waals surface area contributed by atoms with Crippen LogP contribution in [0.15, 0.2) is 41.5 Å². The Hall–Kier alpha value is -4.08. The number of hydrogen-bond donors (Lipinski definition) is 5. The molecule has 0 saturated heterocycles. The van der Waals surface area contributed by atoms with Crippen molar-refractivity contribution in [3.05, 3.63) is 47.5 Å². The number of carboxylic acids is 2. The molecule has 0 aliphatic rings. The van der Waals surface area contributed by atoms with E-state index in [0.29, 0.717) is 17.2 Å². The van der Waals surface area contributed by atoms with Gasteiger partial charge in [0.25, 0.3) is 0 Å². The lowest BCUT2D eigenvalue weighted by atomic mass is 10.2. The molecule has 28 heavy (non-hydrogen) atoms. The zero-order valence-corrected chi connectivity index (χ0v) is 15.2. The van der Waals surface area contributed by atoms with E-state index in [-0.39, 0.29) is 16.8 Å². The summed E-state index contributed by atoms with van der Waals surface area (Å²) in [5.41, 5.74) is 8.64. The van der Waals surface area contributed by atoms with Gasteiger partial charge in [-0.2, -0.15) is 5.10 Å². The van der Waals surface area contributed by atoms with Gasteiger partial charge in [-0.15, -0.1) is 0 Å². The van der Waals surface area contributed by atoms with Crippen molar-refractivity contribution >= 4 is 35.7 Å². The highest BCUT2D eigenvalue weighted by Crippen LogP contribution is 2.22. The highest BCUT2D eigenvalue weighted by Gasteiger charge is 2.11. The number of ether oxygens (including phenoxy) is 2. The monoisotopic (exact) mass is 388 g/mol. The first-order chi connectivity index (χ1) is 13.3. The highest BCUT2D eigenvalue weighted by molar-refractivity contribution is 6.14. The molecule has 148 valence electrons. The third-order valence-electron chi connectivity index (χ3n) is 3.28.